The summed E-state index contributed by atoms with van der Waals surface area (Å²) in [5, 5.41) is 6.54. The number of hydrogen-bond donors (Lipinski definition) is 2. The molecule has 1 heterocycles. The van der Waals surface area contributed by atoms with Crippen LogP contribution in [0.1, 0.15) is 33.1 Å². The summed E-state index contributed by atoms with van der Waals surface area (Å²) in [6.07, 6.45) is 7.47. The summed E-state index contributed by atoms with van der Waals surface area (Å²) in [4.78, 5) is 33.5. The summed E-state index contributed by atoms with van der Waals surface area (Å²) >= 11 is 0. The first-order chi connectivity index (χ1) is 13.6. The van der Waals surface area contributed by atoms with Crippen molar-refractivity contribution in [2.24, 2.45) is 28.7 Å². The molecule has 0 aromatic heterocycles. The summed E-state index contributed by atoms with van der Waals surface area (Å²) in [6, 6.07) is 0. The van der Waals surface area contributed by atoms with Gasteiger partial charge in [-0.25, -0.2) is 0 Å². The molecule has 2 N–H and O–H groups in total. The molecule has 1 aliphatic heterocycles. The van der Waals surface area contributed by atoms with Crippen molar-refractivity contribution in [1.82, 2.24) is 20.4 Å². The van der Waals surface area contributed by atoms with Crippen molar-refractivity contribution >= 4 is 17.8 Å². The van der Waals surface area contributed by atoms with E-state index in [2.05, 4.69) is 46.5 Å². The highest BCUT2D eigenvalue weighted by Gasteiger charge is 2.58. The number of likely N-dealkylation sites (tertiary alicyclic amines) is 1. The van der Waals surface area contributed by atoms with Gasteiger partial charge in [0.15, 0.2) is 5.96 Å². The Bertz CT molecular complexity index is 598. The molecular formula is C21H35N5O2. The molecule has 0 aromatic rings. The normalized spacial score (nSPS) is 28.6. The van der Waals surface area contributed by atoms with Gasteiger partial charge in [-0.05, 0) is 50.7 Å². The van der Waals surface area contributed by atoms with Crippen LogP contribution < -0.4 is 10.6 Å². The van der Waals surface area contributed by atoms with Crippen LogP contribution in [-0.2, 0) is 9.59 Å². The van der Waals surface area contributed by atoms with E-state index in [9.17, 15) is 9.59 Å². The van der Waals surface area contributed by atoms with Gasteiger partial charge in [-0.3, -0.25) is 19.5 Å². The van der Waals surface area contributed by atoms with Gasteiger partial charge in [0.2, 0.25) is 11.8 Å². The van der Waals surface area contributed by atoms with E-state index < -0.39 is 0 Å². The van der Waals surface area contributed by atoms with Crippen LogP contribution in [0.3, 0.4) is 0 Å². The molecule has 1 saturated heterocycles. The van der Waals surface area contributed by atoms with E-state index in [1.54, 1.807) is 7.05 Å². The van der Waals surface area contributed by atoms with Gasteiger partial charge in [-0.15, -0.1) is 0 Å². The Morgan fingerprint density at radius 3 is 2.25 bits per heavy atom. The van der Waals surface area contributed by atoms with Crippen LogP contribution in [0.15, 0.2) is 17.1 Å². The number of rotatable bonds is 10. The maximum absolute atomic E-state index is 12.7. The number of hydrogen-bond acceptors (Lipinski definition) is 4. The van der Waals surface area contributed by atoms with E-state index >= 15 is 0 Å². The van der Waals surface area contributed by atoms with Gasteiger partial charge in [0, 0.05) is 26.7 Å². The van der Waals surface area contributed by atoms with Gasteiger partial charge in [-0.2, -0.15) is 0 Å². The van der Waals surface area contributed by atoms with E-state index in [-0.39, 0.29) is 35.5 Å². The first-order valence-corrected chi connectivity index (χ1v) is 10.8. The third kappa shape index (κ3) is 4.24. The molecule has 2 bridgehead atoms. The maximum Gasteiger partial charge on any atom is 0.233 e. The molecule has 7 nitrogen and oxygen atoms in total. The fourth-order valence-electron chi connectivity index (χ4n) is 4.90. The minimum absolute atomic E-state index is 0.0213. The average Bonchev–Trinajstić information content (AvgIpc) is 3.38. The summed E-state index contributed by atoms with van der Waals surface area (Å²) < 4.78 is 0. The van der Waals surface area contributed by atoms with Gasteiger partial charge in [0.1, 0.15) is 0 Å². The van der Waals surface area contributed by atoms with Crippen molar-refractivity contribution in [3.05, 3.63) is 12.2 Å². The third-order valence-corrected chi connectivity index (χ3v) is 6.50. The number of carbonyl (C=O) groups is 2. The zero-order valence-electron chi connectivity index (χ0n) is 17.5. The Kier molecular flexibility index (Phi) is 7.10. The molecule has 2 aliphatic carbocycles. The van der Waals surface area contributed by atoms with Crippen LogP contribution in [0.2, 0.25) is 0 Å². The highest BCUT2D eigenvalue weighted by atomic mass is 16.2. The van der Waals surface area contributed by atoms with Crippen LogP contribution >= 0.6 is 0 Å². The molecular weight excluding hydrogens is 354 g/mol. The number of allylic oxidation sites excluding steroid dienone is 2. The number of aliphatic imine (C=N–C) groups is 1. The lowest BCUT2D eigenvalue weighted by molar-refractivity contribution is -0.140. The van der Waals surface area contributed by atoms with Crippen molar-refractivity contribution in [1.29, 1.82) is 0 Å². The molecule has 2 amide bonds. The monoisotopic (exact) mass is 389 g/mol. The Hall–Kier alpha value is -1.89. The second-order valence-corrected chi connectivity index (χ2v) is 7.99. The summed E-state index contributed by atoms with van der Waals surface area (Å²) in [5.74, 6) is 1.10. The summed E-state index contributed by atoms with van der Waals surface area (Å²) in [6.45, 7) is 9.50. The summed E-state index contributed by atoms with van der Waals surface area (Å²) in [5.41, 5.74) is 0. The van der Waals surface area contributed by atoms with Crippen molar-refractivity contribution in [2.75, 3.05) is 46.3 Å². The maximum atomic E-state index is 12.7. The van der Waals surface area contributed by atoms with E-state index in [1.165, 1.54) is 4.90 Å². The lowest BCUT2D eigenvalue weighted by Gasteiger charge is -2.19. The van der Waals surface area contributed by atoms with E-state index in [1.807, 2.05) is 0 Å². The molecule has 1 saturated carbocycles. The van der Waals surface area contributed by atoms with Gasteiger partial charge in [0.05, 0.1) is 11.8 Å². The molecule has 0 aromatic carbocycles. The van der Waals surface area contributed by atoms with Gasteiger partial charge in [0.25, 0.3) is 0 Å². The number of guanidine groups is 1. The average molecular weight is 390 g/mol. The fraction of sp³-hybridized carbons (Fsp3) is 0.762. The number of nitrogens with zero attached hydrogens (tertiary/aromatic N) is 3. The molecule has 156 valence electrons. The highest BCUT2D eigenvalue weighted by molar-refractivity contribution is 6.06. The first kappa shape index (κ1) is 20.8. The first-order valence-electron chi connectivity index (χ1n) is 10.8. The standard InChI is InChI=1S/C21H35N5O2/c1-4-25(5-2)12-7-6-10-23-21(22-3)24-11-13-26-19(27)17-15-8-9-16(14-15)18(17)20(26)28/h8-9,15-18H,4-7,10-14H2,1-3H3,(H2,22,23,24). The largest absolute Gasteiger partial charge is 0.356 e. The Balaban J connectivity index is 1.35. The van der Waals surface area contributed by atoms with Gasteiger partial charge < -0.3 is 15.5 Å². The number of carbonyl (C=O) groups excluding carboxylic acids is 2. The predicted octanol–water partition coefficient (Wildman–Crippen LogP) is 1.08. The SMILES string of the molecule is CCN(CC)CCCCNC(=NC)NCCN1C(=O)C2C3C=CC(C3)C2C1=O. The van der Waals surface area contributed by atoms with Crippen molar-refractivity contribution in [3.8, 4) is 0 Å². The molecule has 3 rings (SSSR count). The number of fused-ring (bicyclic) bond motifs is 5. The van der Waals surface area contributed by atoms with Crippen molar-refractivity contribution in [3.63, 3.8) is 0 Å². The Morgan fingerprint density at radius 2 is 1.68 bits per heavy atom. The number of unbranched alkanes of at least 4 members (excludes halogenated alkanes) is 1. The lowest BCUT2D eigenvalue weighted by Crippen LogP contribution is -2.44. The predicted molar refractivity (Wildman–Crippen MR) is 111 cm³/mol. The molecule has 0 radical (unpaired) electrons. The zero-order chi connectivity index (χ0) is 20.1. The van der Waals surface area contributed by atoms with Crippen LogP contribution in [0.25, 0.3) is 0 Å². The smallest absolute Gasteiger partial charge is 0.233 e. The van der Waals surface area contributed by atoms with Crippen molar-refractivity contribution in [2.45, 2.75) is 33.1 Å². The topological polar surface area (TPSA) is 77.0 Å². The second kappa shape index (κ2) is 9.54. The lowest BCUT2D eigenvalue weighted by atomic mass is 9.85. The van der Waals surface area contributed by atoms with Crippen LogP contribution in [0.5, 0.6) is 0 Å². The number of imide groups is 1. The number of amides is 2. The zero-order valence-corrected chi connectivity index (χ0v) is 17.5. The molecule has 28 heavy (non-hydrogen) atoms. The van der Waals surface area contributed by atoms with Crippen molar-refractivity contribution < 1.29 is 9.59 Å². The quantitative estimate of drug-likeness (QED) is 0.192. The molecule has 3 aliphatic rings. The van der Waals surface area contributed by atoms with Gasteiger partial charge >= 0.3 is 0 Å². The Morgan fingerprint density at radius 1 is 1.07 bits per heavy atom. The Labute approximate surface area is 168 Å². The second-order valence-electron chi connectivity index (χ2n) is 7.99. The molecule has 4 atom stereocenters. The number of nitrogens with one attached hydrogen (secondary N) is 2. The van der Waals surface area contributed by atoms with E-state index in [4.69, 9.17) is 0 Å². The molecule has 4 unspecified atom stereocenters. The minimum atomic E-state index is -0.106. The molecule has 7 heteroatoms. The fourth-order valence-corrected chi connectivity index (χ4v) is 4.90. The van der Waals surface area contributed by atoms with Crippen LogP contribution in [0.4, 0.5) is 0 Å². The summed E-state index contributed by atoms with van der Waals surface area (Å²) in [7, 11) is 1.74. The minimum Gasteiger partial charge on any atom is -0.356 e. The van der Waals surface area contributed by atoms with E-state index in [0.717, 1.165) is 51.4 Å². The third-order valence-electron chi connectivity index (χ3n) is 6.50. The molecule has 0 spiro atoms. The highest BCUT2D eigenvalue weighted by Crippen LogP contribution is 2.52. The molecule has 2 fully saturated rings. The van der Waals surface area contributed by atoms with E-state index in [0.29, 0.717) is 13.1 Å². The van der Waals surface area contributed by atoms with Crippen LogP contribution in [-0.4, -0.2) is 73.9 Å². The van der Waals surface area contributed by atoms with Crippen LogP contribution in [0, 0.1) is 23.7 Å². The van der Waals surface area contributed by atoms with Gasteiger partial charge in [-0.1, -0.05) is 26.0 Å².